The molecule has 26 heavy (non-hydrogen) atoms. The van der Waals surface area contributed by atoms with Crippen molar-refractivity contribution in [3.05, 3.63) is 48.0 Å². The zero-order valence-corrected chi connectivity index (χ0v) is 15.2. The third kappa shape index (κ3) is 6.02. The summed E-state index contributed by atoms with van der Waals surface area (Å²) in [7, 11) is 0. The fourth-order valence-corrected chi connectivity index (χ4v) is 2.64. The first-order valence-corrected chi connectivity index (χ1v) is 9.12. The van der Waals surface area contributed by atoms with Crippen LogP contribution < -0.4 is 16.4 Å². The largest absolute Gasteiger partial charge is 0.395 e. The number of anilines is 3. The summed E-state index contributed by atoms with van der Waals surface area (Å²) in [4.78, 5) is 15.9. The van der Waals surface area contributed by atoms with Crippen LogP contribution in [0.3, 0.4) is 0 Å². The van der Waals surface area contributed by atoms with E-state index >= 15 is 0 Å². The highest BCUT2D eigenvalue weighted by molar-refractivity contribution is 5.94. The quantitative estimate of drug-likeness (QED) is 0.424. The molecule has 1 amide bonds. The van der Waals surface area contributed by atoms with Crippen LogP contribution in [-0.2, 0) is 11.3 Å². The molecule has 0 aliphatic rings. The molecule has 4 N–H and O–H groups in total. The predicted octanol–water partition coefficient (Wildman–Crippen LogP) is 4.71. The number of nitrogens with one attached hydrogen (secondary N) is 2. The molecule has 2 aromatic rings. The van der Waals surface area contributed by atoms with Crippen molar-refractivity contribution in [3.63, 3.8) is 0 Å². The molecule has 0 fully saturated rings. The van der Waals surface area contributed by atoms with Crippen LogP contribution in [0.25, 0.3) is 0 Å². The summed E-state index contributed by atoms with van der Waals surface area (Å²) in [6.45, 7) is 2.61. The zero-order chi connectivity index (χ0) is 18.8. The maximum atomic E-state index is 14.5. The number of hydrogen-bond donors (Lipinski definition) is 3. The van der Waals surface area contributed by atoms with Crippen molar-refractivity contribution in [1.82, 2.24) is 4.98 Å². The first-order valence-electron chi connectivity index (χ1n) is 9.12. The summed E-state index contributed by atoms with van der Waals surface area (Å²) < 4.78 is 14.5. The van der Waals surface area contributed by atoms with Crippen molar-refractivity contribution in [2.75, 3.05) is 16.4 Å². The second-order valence-electron chi connectivity index (χ2n) is 6.31. The molecule has 5 nitrogen and oxygen atoms in total. The Hall–Kier alpha value is -2.63. The summed E-state index contributed by atoms with van der Waals surface area (Å²) >= 11 is 0. The van der Waals surface area contributed by atoms with Crippen molar-refractivity contribution in [3.8, 4) is 0 Å². The third-order valence-electron chi connectivity index (χ3n) is 4.19. The van der Waals surface area contributed by atoms with Gasteiger partial charge in [-0.1, -0.05) is 32.6 Å². The fourth-order valence-electron chi connectivity index (χ4n) is 2.64. The Kier molecular flexibility index (Phi) is 7.86. The molecule has 0 radical (unpaired) electrons. The molecule has 0 saturated carbocycles. The number of aromatic nitrogens is 1. The van der Waals surface area contributed by atoms with Gasteiger partial charge in [-0.2, -0.15) is 0 Å². The van der Waals surface area contributed by atoms with Crippen molar-refractivity contribution in [1.29, 1.82) is 0 Å². The lowest BCUT2D eigenvalue weighted by atomic mass is 10.1. The van der Waals surface area contributed by atoms with Gasteiger partial charge in [-0.3, -0.25) is 9.78 Å². The lowest BCUT2D eigenvalue weighted by Gasteiger charge is -2.13. The van der Waals surface area contributed by atoms with Crippen LogP contribution in [0.5, 0.6) is 0 Å². The Labute approximate surface area is 154 Å². The second-order valence-corrected chi connectivity index (χ2v) is 6.31. The van der Waals surface area contributed by atoms with Crippen LogP contribution in [0, 0.1) is 5.82 Å². The molecular weight excluding hydrogens is 331 g/mol. The molecule has 1 aromatic heterocycles. The molecule has 0 aliphatic heterocycles. The molecule has 0 unspecified atom stereocenters. The third-order valence-corrected chi connectivity index (χ3v) is 4.19. The number of halogens is 1. The smallest absolute Gasteiger partial charge is 0.224 e. The normalized spacial score (nSPS) is 10.5. The summed E-state index contributed by atoms with van der Waals surface area (Å²) in [5.74, 6) is -0.690. The van der Waals surface area contributed by atoms with E-state index in [1.807, 2.05) is 12.1 Å². The number of pyridine rings is 1. The van der Waals surface area contributed by atoms with E-state index in [2.05, 4.69) is 22.5 Å². The molecule has 0 aliphatic carbocycles. The van der Waals surface area contributed by atoms with Gasteiger partial charge in [0.2, 0.25) is 5.91 Å². The predicted molar refractivity (Wildman–Crippen MR) is 104 cm³/mol. The fraction of sp³-hybridized carbons (Fsp3) is 0.400. The van der Waals surface area contributed by atoms with E-state index in [0.29, 0.717) is 24.3 Å². The standard InChI is InChI=1S/C20H27FN4O/c1-2-3-4-5-6-7-18(26)25-17-9-8-16(19(21)20(17)22)24-14-15-10-12-23-13-11-15/h8-13,24H,2-7,14,22H2,1H3,(H,25,26). The minimum atomic E-state index is -0.556. The maximum absolute atomic E-state index is 14.5. The monoisotopic (exact) mass is 358 g/mol. The van der Waals surface area contributed by atoms with Crippen LogP contribution in [0.4, 0.5) is 21.5 Å². The van der Waals surface area contributed by atoms with Crippen LogP contribution in [0.2, 0.25) is 0 Å². The van der Waals surface area contributed by atoms with Gasteiger partial charge < -0.3 is 16.4 Å². The molecule has 1 heterocycles. The SMILES string of the molecule is CCCCCCCC(=O)Nc1ccc(NCc2ccncc2)c(F)c1N. The number of nitrogens with zero attached hydrogens (tertiary/aromatic N) is 1. The van der Waals surface area contributed by atoms with Crippen molar-refractivity contribution in [2.24, 2.45) is 0 Å². The molecule has 0 bridgehead atoms. The topological polar surface area (TPSA) is 80.0 Å². The lowest BCUT2D eigenvalue weighted by Crippen LogP contribution is -2.14. The Balaban J connectivity index is 1.88. The molecule has 2 rings (SSSR count). The van der Waals surface area contributed by atoms with Gasteiger partial charge in [0.15, 0.2) is 5.82 Å². The van der Waals surface area contributed by atoms with Gasteiger partial charge in [0, 0.05) is 25.4 Å². The molecule has 140 valence electrons. The van der Waals surface area contributed by atoms with E-state index in [1.54, 1.807) is 24.5 Å². The first kappa shape index (κ1) is 19.7. The van der Waals surface area contributed by atoms with Crippen LogP contribution >= 0.6 is 0 Å². The average Bonchev–Trinajstić information content (AvgIpc) is 2.65. The number of benzene rings is 1. The first-order chi connectivity index (χ1) is 12.6. The summed E-state index contributed by atoms with van der Waals surface area (Å²) in [5, 5.41) is 5.71. The Morgan fingerprint density at radius 3 is 2.50 bits per heavy atom. The van der Waals surface area contributed by atoms with Crippen molar-refractivity contribution >= 4 is 23.0 Å². The van der Waals surface area contributed by atoms with Gasteiger partial charge in [0.25, 0.3) is 0 Å². The highest BCUT2D eigenvalue weighted by Gasteiger charge is 2.12. The minimum Gasteiger partial charge on any atom is -0.395 e. The van der Waals surface area contributed by atoms with E-state index in [-0.39, 0.29) is 11.6 Å². The Morgan fingerprint density at radius 2 is 1.77 bits per heavy atom. The van der Waals surface area contributed by atoms with E-state index in [1.165, 1.54) is 12.8 Å². The van der Waals surface area contributed by atoms with Gasteiger partial charge in [-0.15, -0.1) is 0 Å². The number of hydrogen-bond acceptors (Lipinski definition) is 4. The summed E-state index contributed by atoms with van der Waals surface area (Å²) in [5.41, 5.74) is 7.41. The molecule has 1 aromatic carbocycles. The molecule has 0 atom stereocenters. The number of carbonyl (C=O) groups is 1. The Bertz CT molecular complexity index is 706. The Morgan fingerprint density at radius 1 is 1.08 bits per heavy atom. The van der Waals surface area contributed by atoms with Gasteiger partial charge in [-0.05, 0) is 36.2 Å². The number of carbonyl (C=O) groups excluding carboxylic acids is 1. The van der Waals surface area contributed by atoms with E-state index in [4.69, 9.17) is 5.73 Å². The number of nitrogens with two attached hydrogens (primary N) is 1. The minimum absolute atomic E-state index is 0.0518. The van der Waals surface area contributed by atoms with Crippen LogP contribution in [0.1, 0.15) is 51.0 Å². The molecule has 6 heteroatoms. The number of amides is 1. The molecule has 0 saturated heterocycles. The van der Waals surface area contributed by atoms with E-state index < -0.39 is 5.82 Å². The summed E-state index contributed by atoms with van der Waals surface area (Å²) in [6.07, 6.45) is 9.15. The van der Waals surface area contributed by atoms with Gasteiger partial charge in [-0.25, -0.2) is 4.39 Å². The van der Waals surface area contributed by atoms with Crippen LogP contribution in [0.15, 0.2) is 36.7 Å². The number of nitrogen functional groups attached to an aromatic ring is 1. The van der Waals surface area contributed by atoms with E-state index in [0.717, 1.165) is 24.8 Å². The van der Waals surface area contributed by atoms with Crippen LogP contribution in [-0.4, -0.2) is 10.9 Å². The van der Waals surface area contributed by atoms with Gasteiger partial charge >= 0.3 is 0 Å². The van der Waals surface area contributed by atoms with Crippen molar-refractivity contribution < 1.29 is 9.18 Å². The second kappa shape index (κ2) is 10.4. The zero-order valence-electron chi connectivity index (χ0n) is 15.2. The molecule has 0 spiro atoms. The molecular formula is C20H27FN4O. The highest BCUT2D eigenvalue weighted by Crippen LogP contribution is 2.28. The highest BCUT2D eigenvalue weighted by atomic mass is 19.1. The number of rotatable bonds is 10. The maximum Gasteiger partial charge on any atom is 0.224 e. The number of unbranched alkanes of at least 4 members (excludes halogenated alkanes) is 4. The average molecular weight is 358 g/mol. The lowest BCUT2D eigenvalue weighted by molar-refractivity contribution is -0.116. The van der Waals surface area contributed by atoms with E-state index in [9.17, 15) is 9.18 Å². The summed E-state index contributed by atoms with van der Waals surface area (Å²) in [6, 6.07) is 6.92. The van der Waals surface area contributed by atoms with Gasteiger partial charge in [0.1, 0.15) is 0 Å². The van der Waals surface area contributed by atoms with Crippen molar-refractivity contribution in [2.45, 2.75) is 52.0 Å². The van der Waals surface area contributed by atoms with Gasteiger partial charge in [0.05, 0.1) is 17.1 Å².